The molecule has 2 nitrogen and oxygen atoms in total. The molecule has 0 aromatic heterocycles. The summed E-state index contributed by atoms with van der Waals surface area (Å²) in [6.45, 7) is 0. The number of carboxylic acids is 1. The molecular formula is C11H10O2. The normalized spacial score (nSPS) is 9.46. The van der Waals surface area contributed by atoms with E-state index in [0.29, 0.717) is 6.42 Å². The first-order valence-electron chi connectivity index (χ1n) is 3.77. The number of allylic oxidation sites excluding steroid dienone is 3. The van der Waals surface area contributed by atoms with E-state index in [1.54, 1.807) is 6.08 Å². The second-order valence-corrected chi connectivity index (χ2v) is 2.11. The van der Waals surface area contributed by atoms with Gasteiger partial charge in [0.15, 0.2) is 0 Å². The molecule has 13 heavy (non-hydrogen) atoms. The van der Waals surface area contributed by atoms with Crippen molar-refractivity contribution in [3.05, 3.63) is 24.3 Å². The van der Waals surface area contributed by atoms with Gasteiger partial charge in [0.05, 0.1) is 0 Å². The monoisotopic (exact) mass is 174 g/mol. The van der Waals surface area contributed by atoms with Gasteiger partial charge >= 0.3 is 5.97 Å². The van der Waals surface area contributed by atoms with Gasteiger partial charge in [-0.05, 0) is 18.3 Å². The van der Waals surface area contributed by atoms with Crippen LogP contribution in [0.4, 0.5) is 0 Å². The molecule has 0 bridgehead atoms. The fourth-order valence-electron chi connectivity index (χ4n) is 0.582. The Hall–Kier alpha value is -1.93. The molecule has 66 valence electrons. The molecule has 0 heterocycles. The molecule has 0 amide bonds. The predicted octanol–water partition coefficient (Wildman–Crippen LogP) is 1.60. The first-order chi connectivity index (χ1) is 6.27. The van der Waals surface area contributed by atoms with Crippen LogP contribution in [0.1, 0.15) is 12.8 Å². The van der Waals surface area contributed by atoms with Crippen molar-refractivity contribution in [2.24, 2.45) is 0 Å². The summed E-state index contributed by atoms with van der Waals surface area (Å²) in [7, 11) is 0. The van der Waals surface area contributed by atoms with Crippen LogP contribution < -0.4 is 0 Å². The molecule has 0 rings (SSSR count). The zero-order valence-corrected chi connectivity index (χ0v) is 7.16. The Morgan fingerprint density at radius 3 is 2.85 bits per heavy atom. The smallest absolute Gasteiger partial charge is 0.328 e. The molecule has 0 radical (unpaired) electrons. The van der Waals surface area contributed by atoms with Crippen LogP contribution in [0.3, 0.4) is 0 Å². The van der Waals surface area contributed by atoms with Gasteiger partial charge in [-0.2, -0.15) is 0 Å². The molecule has 0 aromatic rings. The van der Waals surface area contributed by atoms with Gasteiger partial charge in [-0.25, -0.2) is 4.79 Å². The fourth-order valence-corrected chi connectivity index (χ4v) is 0.582. The van der Waals surface area contributed by atoms with Gasteiger partial charge in [-0.15, -0.1) is 6.42 Å². The maximum atomic E-state index is 10.0. The van der Waals surface area contributed by atoms with E-state index in [1.807, 2.05) is 6.08 Å². The molecule has 0 aliphatic carbocycles. The van der Waals surface area contributed by atoms with E-state index in [2.05, 4.69) is 17.8 Å². The molecule has 0 aromatic carbocycles. The highest BCUT2D eigenvalue weighted by molar-refractivity contribution is 5.80. The molecular weight excluding hydrogens is 164 g/mol. The molecule has 0 atom stereocenters. The molecule has 0 spiro atoms. The third-order valence-corrected chi connectivity index (χ3v) is 1.08. The lowest BCUT2D eigenvalue weighted by atomic mass is 10.3. The first kappa shape index (κ1) is 11.1. The highest BCUT2D eigenvalue weighted by atomic mass is 16.4. The lowest BCUT2D eigenvalue weighted by Crippen LogP contribution is -1.84. The molecule has 2 heteroatoms. The summed E-state index contributed by atoms with van der Waals surface area (Å²) in [6, 6.07) is 0. The summed E-state index contributed by atoms with van der Waals surface area (Å²) in [6.07, 6.45) is 12.4. The summed E-state index contributed by atoms with van der Waals surface area (Å²) in [5.74, 6) is 6.51. The van der Waals surface area contributed by atoms with Gasteiger partial charge in [0.1, 0.15) is 0 Å². The summed E-state index contributed by atoms with van der Waals surface area (Å²) in [4.78, 5) is 10.0. The van der Waals surface area contributed by atoms with Crippen molar-refractivity contribution in [1.82, 2.24) is 0 Å². The number of hydrogen-bond acceptors (Lipinski definition) is 1. The second kappa shape index (κ2) is 8.17. The molecule has 0 saturated heterocycles. The largest absolute Gasteiger partial charge is 0.478 e. The van der Waals surface area contributed by atoms with Crippen LogP contribution in [0.15, 0.2) is 24.3 Å². The Bertz CT molecular complexity index is 305. The SMILES string of the molecule is C#CC#CCCC=C/C=C/C(=O)O. The number of rotatable bonds is 4. The average Bonchev–Trinajstić information content (AvgIpc) is 2.09. The Labute approximate surface area is 78.0 Å². The number of aliphatic carboxylic acids is 1. The molecule has 0 unspecified atom stereocenters. The van der Waals surface area contributed by atoms with Crippen LogP contribution in [0.5, 0.6) is 0 Å². The number of unbranched alkanes of at least 4 members (excludes halogenated alkanes) is 1. The summed E-state index contributed by atoms with van der Waals surface area (Å²) >= 11 is 0. The molecule has 0 fully saturated rings. The van der Waals surface area contributed by atoms with Crippen molar-refractivity contribution >= 4 is 5.97 Å². The van der Waals surface area contributed by atoms with Crippen LogP contribution >= 0.6 is 0 Å². The van der Waals surface area contributed by atoms with E-state index >= 15 is 0 Å². The van der Waals surface area contributed by atoms with Crippen LogP contribution in [0.25, 0.3) is 0 Å². The topological polar surface area (TPSA) is 37.3 Å². The van der Waals surface area contributed by atoms with Crippen molar-refractivity contribution in [1.29, 1.82) is 0 Å². The molecule has 0 aliphatic rings. The fraction of sp³-hybridized carbons (Fsp3) is 0.182. The van der Waals surface area contributed by atoms with Crippen molar-refractivity contribution in [3.63, 3.8) is 0 Å². The molecule has 0 aliphatic heterocycles. The summed E-state index contributed by atoms with van der Waals surface area (Å²) in [5.41, 5.74) is 0. The van der Waals surface area contributed by atoms with E-state index < -0.39 is 5.97 Å². The minimum Gasteiger partial charge on any atom is -0.478 e. The van der Waals surface area contributed by atoms with E-state index in [-0.39, 0.29) is 0 Å². The summed E-state index contributed by atoms with van der Waals surface area (Å²) in [5, 5.41) is 8.22. The minimum absolute atomic E-state index is 0.696. The highest BCUT2D eigenvalue weighted by Crippen LogP contribution is 1.89. The van der Waals surface area contributed by atoms with Crippen molar-refractivity contribution in [3.8, 4) is 24.2 Å². The number of carboxylic acid groups (broad SMARTS) is 1. The van der Waals surface area contributed by atoms with Crippen LogP contribution in [-0.2, 0) is 4.79 Å². The minimum atomic E-state index is -0.947. The lowest BCUT2D eigenvalue weighted by molar-refractivity contribution is -0.131. The van der Waals surface area contributed by atoms with Gasteiger partial charge in [-0.1, -0.05) is 24.1 Å². The van der Waals surface area contributed by atoms with E-state index in [1.165, 1.54) is 6.08 Å². The Morgan fingerprint density at radius 1 is 1.46 bits per heavy atom. The summed E-state index contributed by atoms with van der Waals surface area (Å²) < 4.78 is 0. The number of terminal acetylenes is 1. The zero-order chi connectivity index (χ0) is 9.94. The van der Waals surface area contributed by atoms with Crippen molar-refractivity contribution in [2.75, 3.05) is 0 Å². The maximum Gasteiger partial charge on any atom is 0.328 e. The number of hydrogen-bond donors (Lipinski definition) is 1. The third-order valence-electron chi connectivity index (χ3n) is 1.08. The van der Waals surface area contributed by atoms with Crippen LogP contribution in [-0.4, -0.2) is 11.1 Å². The van der Waals surface area contributed by atoms with Crippen LogP contribution in [0.2, 0.25) is 0 Å². The Balaban J connectivity index is 3.54. The van der Waals surface area contributed by atoms with E-state index in [9.17, 15) is 4.79 Å². The average molecular weight is 174 g/mol. The van der Waals surface area contributed by atoms with Crippen molar-refractivity contribution in [2.45, 2.75) is 12.8 Å². The standard InChI is InChI=1S/C11H10O2/c1-2-3-4-5-6-7-8-9-10-11(12)13/h1,7-10H,5-6H2,(H,12,13)/b8-7?,10-9+. The second-order valence-electron chi connectivity index (χ2n) is 2.11. The Morgan fingerprint density at radius 2 is 2.23 bits per heavy atom. The van der Waals surface area contributed by atoms with Gasteiger partial charge in [0.2, 0.25) is 0 Å². The molecule has 0 saturated carbocycles. The first-order valence-corrected chi connectivity index (χ1v) is 3.77. The third kappa shape index (κ3) is 10.1. The Kier molecular flexibility index (Phi) is 6.96. The van der Waals surface area contributed by atoms with E-state index in [4.69, 9.17) is 11.5 Å². The highest BCUT2D eigenvalue weighted by Gasteiger charge is 1.80. The van der Waals surface area contributed by atoms with Gasteiger partial charge in [-0.3, -0.25) is 0 Å². The van der Waals surface area contributed by atoms with Crippen molar-refractivity contribution < 1.29 is 9.90 Å². The molecule has 1 N–H and O–H groups in total. The maximum absolute atomic E-state index is 10.0. The van der Waals surface area contributed by atoms with Gasteiger partial charge in [0, 0.05) is 12.5 Å². The van der Waals surface area contributed by atoms with Gasteiger partial charge < -0.3 is 5.11 Å². The van der Waals surface area contributed by atoms with E-state index in [0.717, 1.165) is 12.5 Å². The van der Waals surface area contributed by atoms with Crippen LogP contribution in [0, 0.1) is 24.2 Å². The van der Waals surface area contributed by atoms with Gasteiger partial charge in [0.25, 0.3) is 0 Å². The predicted molar refractivity (Wildman–Crippen MR) is 51.8 cm³/mol. The zero-order valence-electron chi connectivity index (χ0n) is 7.16. The lowest BCUT2D eigenvalue weighted by Gasteiger charge is -1.80. The number of carbonyl (C=O) groups is 1. The quantitative estimate of drug-likeness (QED) is 0.304.